The van der Waals surface area contributed by atoms with Gasteiger partial charge in [-0.1, -0.05) is 133 Å². The molecule has 0 aliphatic carbocycles. The minimum absolute atomic E-state index is 0.0295. The molecule has 13 aromatic rings. The van der Waals surface area contributed by atoms with Crippen molar-refractivity contribution in [2.75, 3.05) is 10.2 Å². The van der Waals surface area contributed by atoms with Crippen molar-refractivity contribution in [3.05, 3.63) is 193 Å². The van der Waals surface area contributed by atoms with Crippen molar-refractivity contribution in [3.63, 3.8) is 0 Å². The van der Waals surface area contributed by atoms with E-state index < -0.39 is 0 Å². The molecular weight excluding hydrogens is 886 g/mol. The Bertz CT molecular complexity index is 4260. The average molecular weight is 936 g/mol. The summed E-state index contributed by atoms with van der Waals surface area (Å²) in [5.41, 5.74) is 18.8. The molecule has 0 bridgehead atoms. The number of fused-ring (bicyclic) bond motifs is 13. The van der Waals surface area contributed by atoms with Crippen LogP contribution in [0.3, 0.4) is 0 Å². The van der Waals surface area contributed by atoms with Crippen molar-refractivity contribution in [1.82, 2.24) is 4.57 Å². The van der Waals surface area contributed by atoms with Gasteiger partial charge in [0.05, 0.1) is 16.9 Å². The van der Waals surface area contributed by atoms with Gasteiger partial charge < -0.3 is 23.6 Å². The maximum atomic E-state index is 7.00. The quantitative estimate of drug-likeness (QED) is 0.169. The number of rotatable bonds is 6. The molecule has 0 saturated carbocycles. The molecule has 7 heteroatoms. The molecule has 4 aromatic heterocycles. The number of nitrogens with one attached hydrogen (secondary N) is 1. The Morgan fingerprint density at radius 2 is 1.15 bits per heavy atom. The topological polar surface area (TPSA) is 46.5 Å². The van der Waals surface area contributed by atoms with Crippen molar-refractivity contribution in [2.24, 2.45) is 0 Å². The Morgan fingerprint density at radius 1 is 0.479 bits per heavy atom. The molecule has 1 aliphatic heterocycles. The Labute approximate surface area is 416 Å². The van der Waals surface area contributed by atoms with Gasteiger partial charge in [0.2, 0.25) is 7.28 Å². The van der Waals surface area contributed by atoms with Crippen LogP contribution in [0.4, 0.5) is 28.4 Å². The molecule has 0 spiro atoms. The van der Waals surface area contributed by atoms with Crippen molar-refractivity contribution >= 4 is 133 Å². The Hall–Kier alpha value is -8.00. The van der Waals surface area contributed by atoms with Crippen LogP contribution in [0.1, 0.15) is 52.7 Å². The summed E-state index contributed by atoms with van der Waals surface area (Å²) in [4.78, 5) is 2.35. The van der Waals surface area contributed by atoms with E-state index in [1.165, 1.54) is 58.6 Å². The SMILES string of the molecule is CC(C)(C)c1ccc(Nc2cc3sc4cc(N(c5ccccc5)c5ccccc5)ccc4c3cc2-c2ccc3c4cc5c(cc4n4c3c2Bc2oc3ccc(C(C)(C)C)cc3c2-4)oc2ccccc25)cc1. The summed E-state index contributed by atoms with van der Waals surface area (Å²) >= 11 is 1.85. The second-order valence-electron chi connectivity index (χ2n) is 21.4. The Kier molecular flexibility index (Phi) is 9.01. The Morgan fingerprint density at radius 3 is 1.90 bits per heavy atom. The number of hydrogen-bond acceptors (Lipinski definition) is 5. The van der Waals surface area contributed by atoms with Crippen LogP contribution in [0.5, 0.6) is 0 Å². The molecule has 9 aromatic carbocycles. The third-order valence-electron chi connectivity index (χ3n) is 14.9. The number of nitrogens with zero attached hydrogens (tertiary/aromatic N) is 2. The second-order valence-corrected chi connectivity index (χ2v) is 22.5. The van der Waals surface area contributed by atoms with Gasteiger partial charge in [0, 0.05) is 92.7 Å². The highest BCUT2D eigenvalue weighted by molar-refractivity contribution is 7.25. The smallest absolute Gasteiger partial charge is 0.244 e. The fourth-order valence-electron chi connectivity index (χ4n) is 11.3. The third-order valence-corrected chi connectivity index (χ3v) is 16.0. The molecule has 71 heavy (non-hydrogen) atoms. The van der Waals surface area contributed by atoms with Gasteiger partial charge in [-0.2, -0.15) is 0 Å². The average Bonchev–Trinajstić information content (AvgIpc) is 4.12. The van der Waals surface area contributed by atoms with Gasteiger partial charge in [0.15, 0.2) is 0 Å². The van der Waals surface area contributed by atoms with Crippen LogP contribution in [0.25, 0.3) is 91.7 Å². The molecule has 5 nitrogen and oxygen atoms in total. The lowest BCUT2D eigenvalue weighted by molar-refractivity contribution is 0.590. The van der Waals surface area contributed by atoms with Crippen LogP contribution in [0.15, 0.2) is 191 Å². The maximum Gasteiger partial charge on any atom is 0.244 e. The highest BCUT2D eigenvalue weighted by Gasteiger charge is 2.32. The van der Waals surface area contributed by atoms with Gasteiger partial charge in [-0.15, -0.1) is 11.3 Å². The number of benzene rings is 9. The summed E-state index contributed by atoms with van der Waals surface area (Å²) in [5, 5.41) is 12.3. The molecule has 0 radical (unpaired) electrons. The molecule has 342 valence electrons. The molecule has 0 fully saturated rings. The van der Waals surface area contributed by atoms with E-state index in [0.29, 0.717) is 7.28 Å². The number of furan rings is 2. The standard InChI is InChI=1S/C64H50BN3O2S/c1-63(2,3)37-21-24-39(25-22-37)66-52-35-58-50(44-27-26-42(32-57(44)71-58)67(40-15-9-7-10-16-40)41-17-11-8-12-18-41)33-47(52)45-28-29-46-48-34-49-43-19-13-14-20-54(43)69-56(49)36-53(48)68-60(46)59(45)65-62-61(68)51-31-38(64(4,5)6)23-30-55(51)70-62/h7-36,65-66H,1-6H3. The van der Waals surface area contributed by atoms with E-state index in [1.54, 1.807) is 0 Å². The third kappa shape index (κ3) is 6.59. The highest BCUT2D eigenvalue weighted by atomic mass is 32.1. The fourth-order valence-corrected chi connectivity index (χ4v) is 12.4. The summed E-state index contributed by atoms with van der Waals surface area (Å²) in [7, 11) is 0.650. The predicted molar refractivity (Wildman–Crippen MR) is 304 cm³/mol. The molecule has 0 amide bonds. The molecule has 0 unspecified atom stereocenters. The lowest BCUT2D eigenvalue weighted by Gasteiger charge is -2.25. The summed E-state index contributed by atoms with van der Waals surface area (Å²) < 4.78 is 18.6. The van der Waals surface area contributed by atoms with Gasteiger partial charge in [-0.3, -0.25) is 0 Å². The van der Waals surface area contributed by atoms with Crippen LogP contribution in [-0.2, 0) is 10.8 Å². The highest BCUT2D eigenvalue weighted by Crippen LogP contribution is 2.47. The normalized spacial score (nSPS) is 12.8. The van der Waals surface area contributed by atoms with E-state index in [-0.39, 0.29) is 10.8 Å². The minimum atomic E-state index is -0.0295. The van der Waals surface area contributed by atoms with Crippen LogP contribution < -0.4 is 21.3 Å². The summed E-state index contributed by atoms with van der Waals surface area (Å²) in [6, 6.07) is 66.6. The van der Waals surface area contributed by atoms with Crippen molar-refractivity contribution in [1.29, 1.82) is 0 Å². The molecule has 0 atom stereocenters. The number of thiophene rings is 1. The molecule has 1 N–H and O–H groups in total. The van der Waals surface area contributed by atoms with Gasteiger partial charge in [-0.05, 0) is 118 Å². The van der Waals surface area contributed by atoms with E-state index in [4.69, 9.17) is 8.83 Å². The minimum Gasteiger partial charge on any atom is -0.469 e. The van der Waals surface area contributed by atoms with Crippen LogP contribution in [0, 0.1) is 0 Å². The molecular formula is C64H50BN3O2S. The molecule has 1 aliphatic rings. The first-order valence-electron chi connectivity index (χ1n) is 24.7. The molecule has 5 heterocycles. The van der Waals surface area contributed by atoms with E-state index >= 15 is 0 Å². The van der Waals surface area contributed by atoms with Gasteiger partial charge in [0.1, 0.15) is 16.7 Å². The summed E-state index contributed by atoms with van der Waals surface area (Å²) in [6.07, 6.45) is 0. The first-order valence-corrected chi connectivity index (χ1v) is 25.5. The van der Waals surface area contributed by atoms with E-state index in [2.05, 4.69) is 232 Å². The Balaban J connectivity index is 1.02. The van der Waals surface area contributed by atoms with E-state index in [9.17, 15) is 0 Å². The number of para-hydroxylation sites is 3. The largest absolute Gasteiger partial charge is 0.469 e. The zero-order chi connectivity index (χ0) is 47.9. The van der Waals surface area contributed by atoms with Crippen molar-refractivity contribution < 1.29 is 8.83 Å². The van der Waals surface area contributed by atoms with Crippen LogP contribution >= 0.6 is 11.3 Å². The fraction of sp³-hybridized carbons (Fsp3) is 0.125. The van der Waals surface area contributed by atoms with Crippen LogP contribution in [-0.4, -0.2) is 11.8 Å². The second kappa shape index (κ2) is 15.3. The number of anilines is 5. The first kappa shape index (κ1) is 41.9. The van der Waals surface area contributed by atoms with Gasteiger partial charge >= 0.3 is 0 Å². The zero-order valence-electron chi connectivity index (χ0n) is 40.6. The van der Waals surface area contributed by atoms with Gasteiger partial charge in [-0.25, -0.2) is 0 Å². The van der Waals surface area contributed by atoms with E-state index in [0.717, 1.165) is 83.8 Å². The summed E-state index contributed by atoms with van der Waals surface area (Å²) in [5.74, 6) is 0. The first-order chi connectivity index (χ1) is 34.4. The molecule has 14 rings (SSSR count). The van der Waals surface area contributed by atoms with E-state index in [1.807, 2.05) is 17.4 Å². The maximum absolute atomic E-state index is 7.00. The van der Waals surface area contributed by atoms with Crippen molar-refractivity contribution in [3.8, 4) is 16.8 Å². The van der Waals surface area contributed by atoms with Crippen LogP contribution in [0.2, 0.25) is 0 Å². The predicted octanol–water partition coefficient (Wildman–Crippen LogP) is 17.0. The van der Waals surface area contributed by atoms with Crippen molar-refractivity contribution in [2.45, 2.75) is 52.4 Å². The number of hydrogen-bond donors (Lipinski definition) is 1. The zero-order valence-corrected chi connectivity index (χ0v) is 41.5. The monoisotopic (exact) mass is 935 g/mol. The molecule has 0 saturated heterocycles. The van der Waals surface area contributed by atoms with Gasteiger partial charge in [0.25, 0.3) is 0 Å². The lowest BCUT2D eigenvalue weighted by Crippen LogP contribution is -2.36. The number of aromatic nitrogens is 1. The summed E-state index contributed by atoms with van der Waals surface area (Å²) in [6.45, 7) is 13.7. The lowest BCUT2D eigenvalue weighted by atomic mass is 9.62.